The van der Waals surface area contributed by atoms with Crippen LogP contribution in [0.5, 0.6) is 0 Å². The average molecular weight is 258 g/mol. The standard InChI is InChI=1S/C10H14N2O2S2/c1-6(2)16(13,14)12-10-9(5-11)7(3)8(4)15-10/h6,12H,1-4H3. The van der Waals surface area contributed by atoms with Crippen LogP contribution in [0.1, 0.15) is 29.9 Å². The van der Waals surface area contributed by atoms with Crippen LogP contribution >= 0.6 is 11.3 Å². The highest BCUT2D eigenvalue weighted by Gasteiger charge is 2.20. The van der Waals surface area contributed by atoms with Crippen molar-refractivity contribution in [3.63, 3.8) is 0 Å². The first-order valence-corrected chi connectivity index (χ1v) is 7.17. The van der Waals surface area contributed by atoms with Crippen molar-refractivity contribution in [3.8, 4) is 6.07 Å². The van der Waals surface area contributed by atoms with Crippen molar-refractivity contribution in [2.75, 3.05) is 4.72 Å². The van der Waals surface area contributed by atoms with Gasteiger partial charge in [0, 0.05) is 4.88 Å². The van der Waals surface area contributed by atoms with Crippen LogP contribution in [0.3, 0.4) is 0 Å². The molecule has 1 heterocycles. The molecule has 0 aliphatic heterocycles. The summed E-state index contributed by atoms with van der Waals surface area (Å²) in [5.74, 6) is 0. The molecule has 0 bridgehead atoms. The van der Waals surface area contributed by atoms with E-state index in [1.807, 2.05) is 19.9 Å². The smallest absolute Gasteiger partial charge is 0.235 e. The molecule has 0 aliphatic rings. The second-order valence-corrected chi connectivity index (χ2v) is 7.26. The third-order valence-corrected chi connectivity index (χ3v) is 5.33. The van der Waals surface area contributed by atoms with Crippen LogP contribution in [-0.4, -0.2) is 13.7 Å². The number of thiophene rings is 1. The molecule has 0 unspecified atom stereocenters. The summed E-state index contributed by atoms with van der Waals surface area (Å²) in [6, 6.07) is 2.03. The van der Waals surface area contributed by atoms with E-state index in [-0.39, 0.29) is 0 Å². The van der Waals surface area contributed by atoms with Crippen LogP contribution in [0.15, 0.2) is 0 Å². The highest BCUT2D eigenvalue weighted by atomic mass is 32.2. The van der Waals surface area contributed by atoms with Crippen molar-refractivity contribution in [1.82, 2.24) is 0 Å². The minimum atomic E-state index is -3.38. The van der Waals surface area contributed by atoms with E-state index in [1.165, 1.54) is 11.3 Å². The molecule has 0 saturated heterocycles. The Morgan fingerprint density at radius 1 is 1.38 bits per heavy atom. The van der Waals surface area contributed by atoms with E-state index in [1.54, 1.807) is 13.8 Å². The lowest BCUT2D eigenvalue weighted by Crippen LogP contribution is -2.22. The predicted molar refractivity (Wildman–Crippen MR) is 66.2 cm³/mol. The zero-order valence-corrected chi connectivity index (χ0v) is 11.3. The third-order valence-electron chi connectivity index (χ3n) is 2.35. The van der Waals surface area contributed by atoms with Gasteiger partial charge in [-0.3, -0.25) is 4.72 Å². The van der Waals surface area contributed by atoms with Gasteiger partial charge < -0.3 is 0 Å². The van der Waals surface area contributed by atoms with Crippen molar-refractivity contribution < 1.29 is 8.42 Å². The number of nitrogens with one attached hydrogen (secondary N) is 1. The summed E-state index contributed by atoms with van der Waals surface area (Å²) < 4.78 is 25.8. The molecular weight excluding hydrogens is 244 g/mol. The molecule has 0 amide bonds. The fourth-order valence-electron chi connectivity index (χ4n) is 1.08. The normalized spacial score (nSPS) is 11.5. The Hall–Kier alpha value is -1.06. The number of sulfonamides is 1. The van der Waals surface area contributed by atoms with E-state index >= 15 is 0 Å². The Morgan fingerprint density at radius 3 is 2.38 bits per heavy atom. The molecule has 16 heavy (non-hydrogen) atoms. The first-order chi connectivity index (χ1) is 7.29. The molecule has 1 rings (SSSR count). The van der Waals surface area contributed by atoms with E-state index in [9.17, 15) is 8.42 Å². The fourth-order valence-corrected chi connectivity index (χ4v) is 3.05. The summed E-state index contributed by atoms with van der Waals surface area (Å²) in [6.07, 6.45) is 0. The first kappa shape index (κ1) is 13.0. The van der Waals surface area contributed by atoms with Crippen molar-refractivity contribution in [2.24, 2.45) is 0 Å². The van der Waals surface area contributed by atoms with Gasteiger partial charge in [0.05, 0.1) is 10.8 Å². The summed E-state index contributed by atoms with van der Waals surface area (Å²) in [6.45, 7) is 6.88. The number of nitrogens with zero attached hydrogens (tertiary/aromatic N) is 1. The molecule has 1 aromatic heterocycles. The molecule has 0 radical (unpaired) electrons. The summed E-state index contributed by atoms with van der Waals surface area (Å²) in [5, 5.41) is 8.88. The Kier molecular flexibility index (Phi) is 3.61. The van der Waals surface area contributed by atoms with E-state index in [2.05, 4.69) is 4.72 Å². The minimum absolute atomic E-state index is 0.422. The molecule has 88 valence electrons. The predicted octanol–water partition coefficient (Wildman–Crippen LogP) is 2.39. The van der Waals surface area contributed by atoms with Gasteiger partial charge in [0.15, 0.2) is 0 Å². The fraction of sp³-hybridized carbons (Fsp3) is 0.500. The second kappa shape index (κ2) is 4.44. The lowest BCUT2D eigenvalue weighted by molar-refractivity contribution is 0.593. The number of rotatable bonds is 3. The topological polar surface area (TPSA) is 70.0 Å². The number of anilines is 1. The van der Waals surface area contributed by atoms with E-state index in [0.29, 0.717) is 10.6 Å². The molecule has 6 heteroatoms. The van der Waals surface area contributed by atoms with Crippen LogP contribution < -0.4 is 4.72 Å². The maximum Gasteiger partial charge on any atom is 0.235 e. The number of hydrogen-bond acceptors (Lipinski definition) is 4. The molecule has 0 spiro atoms. The molecule has 1 aromatic rings. The van der Waals surface area contributed by atoms with Gasteiger partial charge in [-0.1, -0.05) is 0 Å². The third kappa shape index (κ3) is 2.36. The molecule has 0 aromatic carbocycles. The van der Waals surface area contributed by atoms with Crippen molar-refractivity contribution in [1.29, 1.82) is 5.26 Å². The Balaban J connectivity index is 3.19. The molecule has 0 aliphatic carbocycles. The number of hydrogen-bond donors (Lipinski definition) is 1. The van der Waals surface area contributed by atoms with E-state index in [4.69, 9.17) is 5.26 Å². The Bertz CT molecular complexity index is 536. The zero-order chi connectivity index (χ0) is 12.5. The Labute approximate surface area is 100.0 Å². The lowest BCUT2D eigenvalue weighted by atomic mass is 10.2. The molecular formula is C10H14N2O2S2. The highest BCUT2D eigenvalue weighted by molar-refractivity contribution is 7.93. The highest BCUT2D eigenvalue weighted by Crippen LogP contribution is 2.32. The van der Waals surface area contributed by atoms with Crippen LogP contribution in [-0.2, 0) is 10.0 Å². The summed E-state index contributed by atoms with van der Waals surface area (Å²) in [7, 11) is -3.38. The van der Waals surface area contributed by atoms with Crippen LogP contribution in [0, 0.1) is 25.2 Å². The van der Waals surface area contributed by atoms with Crippen LogP contribution in [0.2, 0.25) is 0 Å². The van der Waals surface area contributed by atoms with E-state index in [0.717, 1.165) is 10.4 Å². The van der Waals surface area contributed by atoms with Crippen molar-refractivity contribution in [2.45, 2.75) is 32.9 Å². The SMILES string of the molecule is Cc1sc(NS(=O)(=O)C(C)C)c(C#N)c1C. The van der Waals surface area contributed by atoms with E-state index < -0.39 is 15.3 Å². The monoisotopic (exact) mass is 258 g/mol. The van der Waals surface area contributed by atoms with Gasteiger partial charge in [0.1, 0.15) is 11.1 Å². The molecule has 0 saturated carbocycles. The lowest BCUT2D eigenvalue weighted by Gasteiger charge is -2.08. The van der Waals surface area contributed by atoms with Gasteiger partial charge in [0.2, 0.25) is 10.0 Å². The zero-order valence-electron chi connectivity index (χ0n) is 9.66. The second-order valence-electron chi connectivity index (χ2n) is 3.80. The minimum Gasteiger partial charge on any atom is -0.273 e. The number of nitriles is 1. The molecule has 1 N–H and O–H groups in total. The van der Waals surface area contributed by atoms with Gasteiger partial charge in [0.25, 0.3) is 0 Å². The quantitative estimate of drug-likeness (QED) is 0.905. The van der Waals surface area contributed by atoms with Gasteiger partial charge in [-0.05, 0) is 33.3 Å². The maximum absolute atomic E-state index is 11.7. The van der Waals surface area contributed by atoms with Crippen molar-refractivity contribution >= 4 is 26.4 Å². The van der Waals surface area contributed by atoms with Crippen molar-refractivity contribution in [3.05, 3.63) is 16.0 Å². The largest absolute Gasteiger partial charge is 0.273 e. The van der Waals surface area contributed by atoms with Gasteiger partial charge in [-0.15, -0.1) is 11.3 Å². The van der Waals surface area contributed by atoms with Gasteiger partial charge in [-0.2, -0.15) is 5.26 Å². The maximum atomic E-state index is 11.7. The summed E-state index contributed by atoms with van der Waals surface area (Å²) in [4.78, 5) is 0.956. The van der Waals surface area contributed by atoms with Crippen LogP contribution in [0.4, 0.5) is 5.00 Å². The number of aryl methyl sites for hydroxylation is 1. The molecule has 0 fully saturated rings. The molecule has 0 atom stereocenters. The van der Waals surface area contributed by atoms with Gasteiger partial charge in [-0.25, -0.2) is 8.42 Å². The average Bonchev–Trinajstić information content (AvgIpc) is 2.41. The summed E-state index contributed by atoms with van der Waals surface area (Å²) >= 11 is 1.30. The Morgan fingerprint density at radius 2 is 1.94 bits per heavy atom. The van der Waals surface area contributed by atoms with Crippen LogP contribution in [0.25, 0.3) is 0 Å². The summed E-state index contributed by atoms with van der Waals surface area (Å²) in [5.41, 5.74) is 1.26. The first-order valence-electron chi connectivity index (χ1n) is 4.81. The molecule has 4 nitrogen and oxygen atoms in total. The van der Waals surface area contributed by atoms with Gasteiger partial charge >= 0.3 is 0 Å².